The Hall–Kier alpha value is -2.80. The SMILES string of the molecule is CCOCCCCCc1ccc2cc3c(cc2c1)sc1c2cc4ccc(-c5ccc(CCCCOCC)s5)cc4cc2sc31. The molecule has 3 aromatic heterocycles. The lowest BCUT2D eigenvalue weighted by Gasteiger charge is -2.05. The van der Waals surface area contributed by atoms with Crippen molar-refractivity contribution in [2.75, 3.05) is 26.4 Å². The summed E-state index contributed by atoms with van der Waals surface area (Å²) in [6.45, 7) is 7.52. The zero-order valence-electron chi connectivity index (χ0n) is 25.7. The molecule has 0 radical (unpaired) electrons. The first-order valence-corrected chi connectivity index (χ1v) is 18.6. The van der Waals surface area contributed by atoms with E-state index in [1.807, 2.05) is 34.0 Å². The Bertz CT molecular complexity index is 2040. The number of hydrogen-bond donors (Lipinski definition) is 0. The molecule has 0 aliphatic carbocycles. The van der Waals surface area contributed by atoms with Crippen molar-refractivity contribution in [1.29, 1.82) is 0 Å². The summed E-state index contributed by atoms with van der Waals surface area (Å²) >= 11 is 5.85. The highest BCUT2D eigenvalue weighted by Crippen LogP contribution is 2.46. The molecule has 7 rings (SSSR count). The maximum absolute atomic E-state index is 5.50. The predicted octanol–water partition coefficient (Wildman–Crippen LogP) is 12.4. The summed E-state index contributed by atoms with van der Waals surface area (Å²) in [6, 6.07) is 28.4. The zero-order valence-corrected chi connectivity index (χ0v) is 28.2. The largest absolute Gasteiger partial charge is 0.382 e. The summed E-state index contributed by atoms with van der Waals surface area (Å²) in [7, 11) is 0. The fraction of sp³-hybridized carbons (Fsp3) is 0.333. The third kappa shape index (κ3) is 6.31. The minimum atomic E-state index is 0.812. The average Bonchev–Trinajstić information content (AvgIpc) is 3.74. The van der Waals surface area contributed by atoms with Gasteiger partial charge < -0.3 is 9.47 Å². The van der Waals surface area contributed by atoms with Crippen LogP contribution in [0, 0.1) is 0 Å². The van der Waals surface area contributed by atoms with Crippen LogP contribution in [0.5, 0.6) is 0 Å². The number of hydrogen-bond acceptors (Lipinski definition) is 5. The van der Waals surface area contributed by atoms with Gasteiger partial charge in [0.15, 0.2) is 0 Å². The number of thiophene rings is 3. The van der Waals surface area contributed by atoms with Crippen molar-refractivity contribution in [3.8, 4) is 10.4 Å². The maximum atomic E-state index is 5.50. The quantitative estimate of drug-likeness (QED) is 0.111. The van der Waals surface area contributed by atoms with Crippen LogP contribution in [0.15, 0.2) is 72.8 Å². The lowest BCUT2D eigenvalue weighted by molar-refractivity contribution is 0.143. The van der Waals surface area contributed by atoms with E-state index in [-0.39, 0.29) is 0 Å². The monoisotopic (exact) mass is 636 g/mol. The Labute approximate surface area is 272 Å². The summed E-state index contributed by atoms with van der Waals surface area (Å²) in [5, 5.41) is 8.16. The first-order chi connectivity index (χ1) is 21.7. The second-order valence-corrected chi connectivity index (χ2v) is 15.0. The van der Waals surface area contributed by atoms with Gasteiger partial charge in [-0.25, -0.2) is 0 Å². The standard InChI is InChI=1S/C39H40O2S3/c1-3-40-18-8-5-6-10-26-12-13-27-22-33-36(24-30(27)20-26)43-39-34-23-28-14-15-29(21-31(28)25-37(34)44-38(33)39)35-17-16-32(42-35)11-7-9-19-41-4-2/h12-17,20-25H,3-11,18-19H2,1-2H3. The predicted molar refractivity (Wildman–Crippen MR) is 197 cm³/mol. The highest BCUT2D eigenvalue weighted by Gasteiger charge is 2.15. The van der Waals surface area contributed by atoms with Crippen molar-refractivity contribution in [1.82, 2.24) is 0 Å². The van der Waals surface area contributed by atoms with Crippen molar-refractivity contribution in [2.24, 2.45) is 0 Å². The van der Waals surface area contributed by atoms with Crippen molar-refractivity contribution < 1.29 is 9.47 Å². The normalized spacial score (nSPS) is 12.1. The molecule has 0 saturated heterocycles. The molecule has 226 valence electrons. The van der Waals surface area contributed by atoms with E-state index in [0.717, 1.165) is 52.1 Å². The van der Waals surface area contributed by atoms with Crippen LogP contribution < -0.4 is 0 Å². The zero-order chi connectivity index (χ0) is 29.9. The molecule has 2 nitrogen and oxygen atoms in total. The van der Waals surface area contributed by atoms with E-state index in [9.17, 15) is 0 Å². The molecule has 5 heteroatoms. The first kappa shape index (κ1) is 29.9. The van der Waals surface area contributed by atoms with Crippen LogP contribution in [0.1, 0.15) is 56.4 Å². The number of unbranched alkanes of at least 4 members (excludes halogenated alkanes) is 3. The summed E-state index contributed by atoms with van der Waals surface area (Å²) in [5.74, 6) is 0. The third-order valence-corrected chi connectivity index (χ3v) is 12.3. The Morgan fingerprint density at radius 2 is 1.16 bits per heavy atom. The topological polar surface area (TPSA) is 18.5 Å². The van der Waals surface area contributed by atoms with Crippen molar-refractivity contribution in [3.63, 3.8) is 0 Å². The van der Waals surface area contributed by atoms with E-state index >= 15 is 0 Å². The van der Waals surface area contributed by atoms with Gasteiger partial charge in [0.1, 0.15) is 0 Å². The van der Waals surface area contributed by atoms with E-state index in [1.54, 1.807) is 0 Å². The lowest BCUT2D eigenvalue weighted by atomic mass is 10.0. The molecule has 0 fully saturated rings. The van der Waals surface area contributed by atoms with Crippen molar-refractivity contribution >= 4 is 85.1 Å². The fourth-order valence-electron chi connectivity index (χ4n) is 6.27. The van der Waals surface area contributed by atoms with Crippen LogP contribution in [0.25, 0.3) is 61.6 Å². The molecule has 0 N–H and O–H groups in total. The smallest absolute Gasteiger partial charge is 0.0542 e. The molecule has 0 saturated carbocycles. The van der Waals surface area contributed by atoms with Crippen molar-refractivity contribution in [3.05, 3.63) is 83.2 Å². The Kier molecular flexibility index (Phi) is 9.29. The minimum absolute atomic E-state index is 0.812. The lowest BCUT2D eigenvalue weighted by Crippen LogP contribution is -1.94. The molecular weight excluding hydrogens is 597 g/mol. The highest BCUT2D eigenvalue weighted by molar-refractivity contribution is 7.36. The Balaban J connectivity index is 1.13. The molecule has 0 aliphatic rings. The number of benzene rings is 4. The summed E-state index contributed by atoms with van der Waals surface area (Å²) in [6.07, 6.45) is 8.20. The van der Waals surface area contributed by atoms with E-state index in [1.165, 1.54) is 91.3 Å². The second-order valence-electron chi connectivity index (χ2n) is 11.7. The van der Waals surface area contributed by atoms with Crippen LogP contribution in [-0.4, -0.2) is 26.4 Å². The van der Waals surface area contributed by atoms with Crippen LogP contribution in [0.2, 0.25) is 0 Å². The van der Waals surface area contributed by atoms with Gasteiger partial charge in [0, 0.05) is 56.4 Å². The van der Waals surface area contributed by atoms with Gasteiger partial charge in [0.25, 0.3) is 0 Å². The molecule has 0 atom stereocenters. The maximum Gasteiger partial charge on any atom is 0.0542 e. The third-order valence-electron chi connectivity index (χ3n) is 8.63. The van der Waals surface area contributed by atoms with E-state index < -0.39 is 0 Å². The van der Waals surface area contributed by atoms with Crippen molar-refractivity contribution in [2.45, 2.75) is 58.8 Å². The van der Waals surface area contributed by atoms with Crippen LogP contribution in [0.3, 0.4) is 0 Å². The van der Waals surface area contributed by atoms with Gasteiger partial charge in [-0.1, -0.05) is 36.8 Å². The van der Waals surface area contributed by atoms with Crippen LogP contribution in [0.4, 0.5) is 0 Å². The van der Waals surface area contributed by atoms with Gasteiger partial charge in [-0.15, -0.1) is 34.0 Å². The molecule has 0 spiro atoms. The number of ether oxygens (including phenoxy) is 2. The Morgan fingerprint density at radius 1 is 0.523 bits per heavy atom. The van der Waals surface area contributed by atoms with Gasteiger partial charge in [0.2, 0.25) is 0 Å². The number of fused-ring (bicyclic) bond motifs is 7. The van der Waals surface area contributed by atoms with Gasteiger partial charge in [-0.3, -0.25) is 0 Å². The molecule has 7 aromatic rings. The highest BCUT2D eigenvalue weighted by atomic mass is 32.1. The molecule has 4 aromatic carbocycles. The second kappa shape index (κ2) is 13.7. The summed E-state index contributed by atoms with van der Waals surface area (Å²) < 4.78 is 16.6. The van der Waals surface area contributed by atoms with Gasteiger partial charge in [-0.2, -0.15) is 0 Å². The Morgan fingerprint density at radius 3 is 1.86 bits per heavy atom. The number of aryl methyl sites for hydroxylation is 2. The van der Waals surface area contributed by atoms with Gasteiger partial charge in [-0.05, 0) is 128 Å². The average molecular weight is 637 g/mol. The molecule has 0 aliphatic heterocycles. The summed E-state index contributed by atoms with van der Waals surface area (Å²) in [4.78, 5) is 2.83. The van der Waals surface area contributed by atoms with E-state index in [2.05, 4.69) is 86.6 Å². The minimum Gasteiger partial charge on any atom is -0.382 e. The van der Waals surface area contributed by atoms with Gasteiger partial charge >= 0.3 is 0 Å². The molecular formula is C39H40O2S3. The summed E-state index contributed by atoms with van der Waals surface area (Å²) in [5.41, 5.74) is 2.77. The van der Waals surface area contributed by atoms with Gasteiger partial charge in [0.05, 0.1) is 9.40 Å². The van der Waals surface area contributed by atoms with E-state index in [4.69, 9.17) is 9.47 Å². The van der Waals surface area contributed by atoms with Crippen LogP contribution >= 0.6 is 34.0 Å². The molecule has 44 heavy (non-hydrogen) atoms. The number of rotatable bonds is 14. The molecule has 0 amide bonds. The first-order valence-electron chi connectivity index (χ1n) is 16.2. The molecule has 3 heterocycles. The van der Waals surface area contributed by atoms with Crippen LogP contribution in [-0.2, 0) is 22.3 Å². The molecule has 0 unspecified atom stereocenters. The fourth-order valence-corrected chi connectivity index (χ4v) is 10.0. The molecule has 0 bridgehead atoms. The van der Waals surface area contributed by atoms with E-state index in [0.29, 0.717) is 0 Å².